The SMILES string of the molecule is C/C(=C/C(=N)N)NCCOc1ccc(C2c3[nH]c4ccc(Cl)cc4c3CCN2c2ccc(F)cc2)cc1.O=CO. The van der Waals surface area contributed by atoms with E-state index >= 15 is 0 Å². The topological polar surface area (TPSA) is 127 Å². The Morgan fingerprint density at radius 3 is 2.60 bits per heavy atom. The van der Waals surface area contributed by atoms with Crippen molar-refractivity contribution >= 4 is 40.5 Å². The predicted molar refractivity (Wildman–Crippen MR) is 157 cm³/mol. The summed E-state index contributed by atoms with van der Waals surface area (Å²) < 4.78 is 19.6. The lowest BCUT2D eigenvalue weighted by Crippen LogP contribution is -2.36. The van der Waals surface area contributed by atoms with Crippen molar-refractivity contribution in [2.24, 2.45) is 5.73 Å². The maximum absolute atomic E-state index is 13.7. The molecule has 0 aliphatic carbocycles. The summed E-state index contributed by atoms with van der Waals surface area (Å²) in [5.74, 6) is 0.535. The minimum atomic E-state index is -0.250. The van der Waals surface area contributed by atoms with Crippen LogP contribution in [0.15, 0.2) is 78.5 Å². The number of carboxylic acid groups (broad SMARTS) is 1. The second kappa shape index (κ2) is 13.0. The fourth-order valence-electron chi connectivity index (χ4n) is 4.97. The number of aromatic nitrogens is 1. The molecule has 0 radical (unpaired) electrons. The van der Waals surface area contributed by atoms with Crippen molar-refractivity contribution in [3.05, 3.63) is 106 Å². The highest BCUT2D eigenvalue weighted by atomic mass is 35.5. The number of nitrogens with two attached hydrogens (primary N) is 1. The van der Waals surface area contributed by atoms with Crippen LogP contribution in [0.2, 0.25) is 5.02 Å². The smallest absolute Gasteiger partial charge is 0.290 e. The van der Waals surface area contributed by atoms with E-state index in [4.69, 9.17) is 37.4 Å². The Morgan fingerprint density at radius 1 is 1.23 bits per heavy atom. The monoisotopic (exact) mass is 563 g/mol. The number of halogens is 2. The van der Waals surface area contributed by atoms with Gasteiger partial charge in [-0.05, 0) is 85.1 Å². The number of aromatic amines is 1. The van der Waals surface area contributed by atoms with Crippen LogP contribution < -0.4 is 20.7 Å². The van der Waals surface area contributed by atoms with Crippen LogP contribution in [0, 0.1) is 11.2 Å². The van der Waals surface area contributed by atoms with Gasteiger partial charge in [0.1, 0.15) is 24.0 Å². The lowest BCUT2D eigenvalue weighted by molar-refractivity contribution is -0.122. The fourth-order valence-corrected chi connectivity index (χ4v) is 5.14. The molecule has 40 heavy (non-hydrogen) atoms. The number of H-pyrrole nitrogens is 1. The van der Waals surface area contributed by atoms with Crippen LogP contribution in [-0.4, -0.2) is 42.1 Å². The van der Waals surface area contributed by atoms with Crippen LogP contribution in [0.1, 0.15) is 29.8 Å². The molecule has 10 heteroatoms. The van der Waals surface area contributed by atoms with Gasteiger partial charge in [-0.3, -0.25) is 10.2 Å². The maximum atomic E-state index is 13.7. The third-order valence-electron chi connectivity index (χ3n) is 6.59. The molecule has 2 heterocycles. The fraction of sp³-hybridized carbons (Fsp3) is 0.200. The first-order chi connectivity index (χ1) is 19.3. The quantitative estimate of drug-likeness (QED) is 0.0819. The average molecular weight is 564 g/mol. The highest BCUT2D eigenvalue weighted by molar-refractivity contribution is 6.31. The number of hydrogen-bond acceptors (Lipinski definition) is 5. The third-order valence-corrected chi connectivity index (χ3v) is 6.82. The van der Waals surface area contributed by atoms with E-state index in [1.54, 1.807) is 6.08 Å². The summed E-state index contributed by atoms with van der Waals surface area (Å²) in [6, 6.07) is 20.7. The number of carbonyl (C=O) groups is 1. The molecule has 1 unspecified atom stereocenters. The van der Waals surface area contributed by atoms with Crippen molar-refractivity contribution < 1.29 is 19.0 Å². The molecule has 0 amide bonds. The van der Waals surface area contributed by atoms with Gasteiger partial charge in [-0.2, -0.15) is 0 Å². The van der Waals surface area contributed by atoms with Gasteiger partial charge in [-0.1, -0.05) is 23.7 Å². The molecule has 1 aliphatic heterocycles. The van der Waals surface area contributed by atoms with Crippen LogP contribution in [0.5, 0.6) is 5.75 Å². The number of nitrogens with one attached hydrogen (secondary N) is 3. The van der Waals surface area contributed by atoms with Gasteiger partial charge in [0.2, 0.25) is 0 Å². The van der Waals surface area contributed by atoms with Gasteiger partial charge in [0, 0.05) is 46.1 Å². The summed E-state index contributed by atoms with van der Waals surface area (Å²) in [5, 5.41) is 19.2. The molecule has 5 rings (SSSR count). The van der Waals surface area contributed by atoms with Crippen LogP contribution in [0.3, 0.4) is 0 Å². The molecular formula is C30H31ClFN5O3. The Kier molecular flexibility index (Phi) is 9.29. The number of nitrogens with zero attached hydrogens (tertiary/aromatic N) is 1. The zero-order valence-corrected chi connectivity index (χ0v) is 22.7. The van der Waals surface area contributed by atoms with E-state index in [-0.39, 0.29) is 24.2 Å². The molecule has 0 saturated carbocycles. The van der Waals surface area contributed by atoms with E-state index in [0.717, 1.165) is 57.3 Å². The summed E-state index contributed by atoms with van der Waals surface area (Å²) in [7, 11) is 0. The molecule has 6 N–H and O–H groups in total. The van der Waals surface area contributed by atoms with Gasteiger partial charge in [-0.15, -0.1) is 0 Å². The number of fused-ring (bicyclic) bond motifs is 3. The standard InChI is InChI=1S/C29H29ClFN5O.CH2O2/c1-18(16-27(32)33)34-13-15-37-23-9-2-19(3-10-23)29-28-24(25-17-20(30)4-11-26(25)35-28)12-14-36(29)22-7-5-21(31)6-8-22;2-1-3/h2-11,16-17,29,34-35H,12-15H2,1H3,(H3,32,33);1H,(H,2,3)/b18-16-;. The molecule has 0 fully saturated rings. The first-order valence-corrected chi connectivity index (χ1v) is 13.1. The van der Waals surface area contributed by atoms with Crippen LogP contribution in [-0.2, 0) is 11.2 Å². The average Bonchev–Trinajstić information content (AvgIpc) is 3.29. The maximum Gasteiger partial charge on any atom is 0.290 e. The predicted octanol–water partition coefficient (Wildman–Crippen LogP) is 5.62. The van der Waals surface area contributed by atoms with Gasteiger partial charge in [-0.25, -0.2) is 4.39 Å². The van der Waals surface area contributed by atoms with Gasteiger partial charge in [0.05, 0.1) is 6.04 Å². The summed E-state index contributed by atoms with van der Waals surface area (Å²) in [4.78, 5) is 14.3. The number of benzene rings is 3. The zero-order chi connectivity index (χ0) is 28.6. The second-order valence-electron chi connectivity index (χ2n) is 9.26. The minimum absolute atomic E-state index is 0.0140. The molecule has 1 aromatic heterocycles. The minimum Gasteiger partial charge on any atom is -0.492 e. The van der Waals surface area contributed by atoms with Crippen molar-refractivity contribution in [1.29, 1.82) is 5.41 Å². The van der Waals surface area contributed by atoms with E-state index in [0.29, 0.717) is 13.2 Å². The molecule has 208 valence electrons. The van der Waals surface area contributed by atoms with Gasteiger partial charge in [0.15, 0.2) is 0 Å². The van der Waals surface area contributed by atoms with Crippen molar-refractivity contribution in [1.82, 2.24) is 10.3 Å². The number of allylic oxidation sites excluding steroid dienone is 1. The van der Waals surface area contributed by atoms with E-state index in [1.807, 2.05) is 49.4 Å². The van der Waals surface area contributed by atoms with E-state index in [9.17, 15) is 4.39 Å². The van der Waals surface area contributed by atoms with Crippen molar-refractivity contribution in [3.63, 3.8) is 0 Å². The Balaban J connectivity index is 0.00000118. The normalized spacial score (nSPS) is 14.6. The van der Waals surface area contributed by atoms with Gasteiger partial charge in [0.25, 0.3) is 6.47 Å². The Morgan fingerprint density at radius 2 is 1.93 bits per heavy atom. The number of hydrogen-bond donors (Lipinski definition) is 5. The lowest BCUT2D eigenvalue weighted by Gasteiger charge is -2.38. The molecule has 0 spiro atoms. The first-order valence-electron chi connectivity index (χ1n) is 12.7. The molecule has 0 saturated heterocycles. The summed E-state index contributed by atoms with van der Waals surface area (Å²) in [6.45, 7) is 3.47. The number of anilines is 1. The molecule has 0 bridgehead atoms. The highest BCUT2D eigenvalue weighted by Gasteiger charge is 2.32. The van der Waals surface area contributed by atoms with Gasteiger partial charge < -0.3 is 30.8 Å². The summed E-state index contributed by atoms with van der Waals surface area (Å²) in [5.41, 5.74) is 11.7. The van der Waals surface area contributed by atoms with Crippen molar-refractivity contribution in [2.75, 3.05) is 24.6 Å². The molecule has 3 aromatic carbocycles. The Hall–Kier alpha value is -4.50. The Bertz CT molecular complexity index is 1500. The van der Waals surface area contributed by atoms with E-state index in [1.165, 1.54) is 17.7 Å². The highest BCUT2D eigenvalue weighted by Crippen LogP contribution is 2.41. The first kappa shape index (κ1) is 28.5. The molecule has 1 aliphatic rings. The molecular weight excluding hydrogens is 533 g/mol. The summed E-state index contributed by atoms with van der Waals surface area (Å²) in [6.07, 6.45) is 2.42. The van der Waals surface area contributed by atoms with Crippen LogP contribution >= 0.6 is 11.6 Å². The van der Waals surface area contributed by atoms with E-state index < -0.39 is 0 Å². The number of ether oxygens (including phenoxy) is 1. The van der Waals surface area contributed by atoms with Gasteiger partial charge >= 0.3 is 0 Å². The number of amidine groups is 1. The molecule has 4 aromatic rings. The molecule has 8 nitrogen and oxygen atoms in total. The van der Waals surface area contributed by atoms with Crippen LogP contribution in [0.25, 0.3) is 10.9 Å². The largest absolute Gasteiger partial charge is 0.492 e. The lowest BCUT2D eigenvalue weighted by atomic mass is 9.91. The third kappa shape index (κ3) is 6.73. The second-order valence-corrected chi connectivity index (χ2v) is 9.70. The number of rotatable bonds is 8. The van der Waals surface area contributed by atoms with Crippen molar-refractivity contribution in [2.45, 2.75) is 19.4 Å². The summed E-state index contributed by atoms with van der Waals surface area (Å²) >= 11 is 6.32. The molecule has 1 atom stereocenters. The Labute approximate surface area is 236 Å². The zero-order valence-electron chi connectivity index (χ0n) is 22.0. The van der Waals surface area contributed by atoms with Crippen molar-refractivity contribution in [3.8, 4) is 5.75 Å². The van der Waals surface area contributed by atoms with E-state index in [2.05, 4.69) is 27.3 Å². The van der Waals surface area contributed by atoms with Crippen LogP contribution in [0.4, 0.5) is 10.1 Å².